The number of carbonyl (C=O) groups is 2. The first-order chi connectivity index (χ1) is 8.49. The number of nitrogens with one attached hydrogen (secondary N) is 1. The first-order valence-electron chi connectivity index (χ1n) is 5.89. The second-order valence-corrected chi connectivity index (χ2v) is 5.40. The van der Waals surface area contributed by atoms with Crippen molar-refractivity contribution in [2.24, 2.45) is 5.73 Å². The molecule has 1 saturated heterocycles. The number of hydrogen-bond donors (Lipinski definition) is 3. The van der Waals surface area contributed by atoms with E-state index in [2.05, 4.69) is 5.32 Å². The summed E-state index contributed by atoms with van der Waals surface area (Å²) in [6.45, 7) is 0.874. The molecule has 0 aromatic rings. The molecule has 1 fully saturated rings. The molecule has 1 amide bonds. The third-order valence-electron chi connectivity index (χ3n) is 3.05. The average Bonchev–Trinajstić information content (AvgIpc) is 2.34. The van der Waals surface area contributed by atoms with Crippen LogP contribution in [0.25, 0.3) is 0 Å². The SMILES string of the molecule is CSCC[C@@H](NC(=O)C1(N)CCOCC1)C(=O)O. The molecule has 0 unspecified atom stereocenters. The van der Waals surface area contributed by atoms with Gasteiger partial charge in [0.25, 0.3) is 0 Å². The lowest BCUT2D eigenvalue weighted by atomic mass is 9.90. The van der Waals surface area contributed by atoms with Gasteiger partial charge < -0.3 is 20.9 Å². The summed E-state index contributed by atoms with van der Waals surface area (Å²) in [5, 5.41) is 11.6. The minimum Gasteiger partial charge on any atom is -0.480 e. The molecule has 0 radical (unpaired) electrons. The molecule has 18 heavy (non-hydrogen) atoms. The van der Waals surface area contributed by atoms with Gasteiger partial charge >= 0.3 is 5.97 Å². The van der Waals surface area contributed by atoms with Crippen LogP contribution < -0.4 is 11.1 Å². The second kappa shape index (κ2) is 6.96. The van der Waals surface area contributed by atoms with Crippen LogP contribution >= 0.6 is 11.8 Å². The molecule has 104 valence electrons. The van der Waals surface area contributed by atoms with Crippen molar-refractivity contribution in [3.63, 3.8) is 0 Å². The Hall–Kier alpha value is -0.790. The van der Waals surface area contributed by atoms with E-state index in [1.807, 2.05) is 6.26 Å². The minimum absolute atomic E-state index is 0.390. The molecule has 6 nitrogen and oxygen atoms in total. The van der Waals surface area contributed by atoms with Crippen LogP contribution in [0.15, 0.2) is 0 Å². The van der Waals surface area contributed by atoms with E-state index in [9.17, 15) is 9.59 Å². The summed E-state index contributed by atoms with van der Waals surface area (Å²) in [6, 6.07) is -0.867. The van der Waals surface area contributed by atoms with Crippen molar-refractivity contribution in [1.29, 1.82) is 0 Å². The van der Waals surface area contributed by atoms with Crippen LogP contribution in [-0.2, 0) is 14.3 Å². The smallest absolute Gasteiger partial charge is 0.326 e. The molecule has 0 aromatic carbocycles. The summed E-state index contributed by atoms with van der Waals surface area (Å²) in [4.78, 5) is 23.1. The Morgan fingerprint density at radius 1 is 1.50 bits per heavy atom. The highest BCUT2D eigenvalue weighted by Crippen LogP contribution is 2.18. The van der Waals surface area contributed by atoms with Crippen molar-refractivity contribution < 1.29 is 19.4 Å². The maximum Gasteiger partial charge on any atom is 0.326 e. The Labute approximate surface area is 111 Å². The fourth-order valence-electron chi connectivity index (χ4n) is 1.76. The average molecular weight is 276 g/mol. The van der Waals surface area contributed by atoms with E-state index in [0.717, 1.165) is 0 Å². The number of carboxylic acids is 1. The molecule has 0 aromatic heterocycles. The van der Waals surface area contributed by atoms with E-state index >= 15 is 0 Å². The molecule has 4 N–H and O–H groups in total. The number of nitrogens with two attached hydrogens (primary N) is 1. The molecule has 1 rings (SSSR count). The topological polar surface area (TPSA) is 102 Å². The van der Waals surface area contributed by atoms with Crippen molar-refractivity contribution >= 4 is 23.6 Å². The Bertz CT molecular complexity index is 305. The first-order valence-corrected chi connectivity index (χ1v) is 7.28. The van der Waals surface area contributed by atoms with Gasteiger partial charge in [-0.25, -0.2) is 4.79 Å². The summed E-state index contributed by atoms with van der Waals surface area (Å²) in [5.74, 6) is -0.731. The minimum atomic E-state index is -1.02. The molecule has 0 aliphatic carbocycles. The molecule has 1 aliphatic rings. The second-order valence-electron chi connectivity index (χ2n) is 4.41. The van der Waals surface area contributed by atoms with Crippen molar-refractivity contribution in [3.8, 4) is 0 Å². The van der Waals surface area contributed by atoms with E-state index in [-0.39, 0.29) is 5.91 Å². The number of carbonyl (C=O) groups excluding carboxylic acids is 1. The maximum atomic E-state index is 12.0. The molecule has 1 aliphatic heterocycles. The maximum absolute atomic E-state index is 12.0. The normalized spacial score (nSPS) is 20.1. The Kier molecular flexibility index (Phi) is 5.90. The number of thioether (sulfide) groups is 1. The van der Waals surface area contributed by atoms with Crippen LogP contribution in [0.4, 0.5) is 0 Å². The molecular formula is C11H20N2O4S. The van der Waals surface area contributed by atoms with E-state index in [0.29, 0.717) is 38.2 Å². The zero-order valence-corrected chi connectivity index (χ0v) is 11.3. The molecular weight excluding hydrogens is 256 g/mol. The highest BCUT2D eigenvalue weighted by molar-refractivity contribution is 7.98. The summed E-state index contributed by atoms with van der Waals surface area (Å²) in [5.41, 5.74) is 4.99. The first kappa shape index (κ1) is 15.3. The molecule has 1 atom stereocenters. The van der Waals surface area contributed by atoms with Gasteiger partial charge in [-0.2, -0.15) is 11.8 Å². The molecule has 1 heterocycles. The van der Waals surface area contributed by atoms with Gasteiger partial charge in [-0.15, -0.1) is 0 Å². The van der Waals surface area contributed by atoms with Crippen LogP contribution in [0.2, 0.25) is 0 Å². The Morgan fingerprint density at radius 3 is 2.61 bits per heavy atom. The van der Waals surface area contributed by atoms with Crippen LogP contribution in [0.1, 0.15) is 19.3 Å². The highest BCUT2D eigenvalue weighted by atomic mass is 32.2. The number of hydrogen-bond acceptors (Lipinski definition) is 5. The van der Waals surface area contributed by atoms with Gasteiger partial charge in [0.05, 0.1) is 5.54 Å². The number of ether oxygens (including phenoxy) is 1. The fourth-order valence-corrected chi connectivity index (χ4v) is 2.23. The lowest BCUT2D eigenvalue weighted by Crippen LogP contribution is -2.59. The standard InChI is InChI=1S/C11H20N2O4S/c1-18-7-2-8(9(14)15)13-10(16)11(12)3-5-17-6-4-11/h8H,2-7,12H2,1H3,(H,13,16)(H,14,15)/t8-/m1/s1. The Balaban J connectivity index is 2.56. The monoisotopic (exact) mass is 276 g/mol. The molecule has 7 heteroatoms. The van der Waals surface area contributed by atoms with E-state index < -0.39 is 17.6 Å². The summed E-state index contributed by atoms with van der Waals surface area (Å²) in [6.07, 6.45) is 3.14. The molecule has 0 saturated carbocycles. The van der Waals surface area contributed by atoms with Gasteiger partial charge in [-0.1, -0.05) is 0 Å². The van der Waals surface area contributed by atoms with Crippen molar-refractivity contribution in [2.75, 3.05) is 25.2 Å². The van der Waals surface area contributed by atoms with Crippen molar-refractivity contribution in [2.45, 2.75) is 30.8 Å². The quantitative estimate of drug-likeness (QED) is 0.622. The summed E-state index contributed by atoms with van der Waals surface area (Å²) >= 11 is 1.54. The zero-order valence-electron chi connectivity index (χ0n) is 10.5. The predicted molar refractivity (Wildman–Crippen MR) is 69.5 cm³/mol. The third kappa shape index (κ3) is 4.15. The third-order valence-corrected chi connectivity index (χ3v) is 3.70. The largest absolute Gasteiger partial charge is 0.480 e. The van der Waals surface area contributed by atoms with Gasteiger partial charge in [0.1, 0.15) is 6.04 Å². The van der Waals surface area contributed by atoms with Gasteiger partial charge in [0.15, 0.2) is 0 Å². The van der Waals surface area contributed by atoms with Crippen LogP contribution in [0.3, 0.4) is 0 Å². The van der Waals surface area contributed by atoms with Crippen molar-refractivity contribution in [3.05, 3.63) is 0 Å². The highest BCUT2D eigenvalue weighted by Gasteiger charge is 2.37. The Morgan fingerprint density at radius 2 is 2.11 bits per heavy atom. The van der Waals surface area contributed by atoms with Gasteiger partial charge in [0, 0.05) is 13.2 Å². The van der Waals surface area contributed by atoms with E-state index in [1.54, 1.807) is 11.8 Å². The van der Waals surface area contributed by atoms with Gasteiger partial charge in [0.2, 0.25) is 5.91 Å². The lowest BCUT2D eigenvalue weighted by molar-refractivity contribution is -0.143. The fraction of sp³-hybridized carbons (Fsp3) is 0.818. The number of aliphatic carboxylic acids is 1. The van der Waals surface area contributed by atoms with Crippen LogP contribution in [0, 0.1) is 0 Å². The number of rotatable bonds is 6. The predicted octanol–water partition coefficient (Wildman–Crippen LogP) is -0.183. The summed E-state index contributed by atoms with van der Waals surface area (Å²) in [7, 11) is 0. The van der Waals surface area contributed by atoms with Crippen molar-refractivity contribution in [1.82, 2.24) is 5.32 Å². The number of carboxylic acid groups (broad SMARTS) is 1. The van der Waals surface area contributed by atoms with E-state index in [1.165, 1.54) is 0 Å². The van der Waals surface area contributed by atoms with Crippen LogP contribution in [0.5, 0.6) is 0 Å². The van der Waals surface area contributed by atoms with Gasteiger partial charge in [-0.05, 0) is 31.3 Å². The van der Waals surface area contributed by atoms with Crippen LogP contribution in [-0.4, -0.2) is 53.8 Å². The molecule has 0 spiro atoms. The molecule has 0 bridgehead atoms. The number of amides is 1. The summed E-state index contributed by atoms with van der Waals surface area (Å²) < 4.78 is 5.15. The van der Waals surface area contributed by atoms with Gasteiger partial charge in [-0.3, -0.25) is 4.79 Å². The van der Waals surface area contributed by atoms with E-state index in [4.69, 9.17) is 15.6 Å². The zero-order chi connectivity index (χ0) is 13.6. The lowest BCUT2D eigenvalue weighted by Gasteiger charge is -2.32.